The second kappa shape index (κ2) is 6.94. The second-order valence-corrected chi connectivity index (χ2v) is 8.85. The molecule has 3 aromatic rings. The maximum absolute atomic E-state index is 13.2. The average Bonchev–Trinajstić information content (AvgIpc) is 3.35. The number of rotatable bonds is 2. The molecular formula is C22H24N4OS. The van der Waals surface area contributed by atoms with Gasteiger partial charge in [-0.1, -0.05) is 12.1 Å². The molecule has 2 saturated heterocycles. The van der Waals surface area contributed by atoms with Gasteiger partial charge in [-0.05, 0) is 56.8 Å². The number of piperazine rings is 1. The Morgan fingerprint density at radius 1 is 1.14 bits per heavy atom. The number of carbonyl (C=O) groups is 1. The summed E-state index contributed by atoms with van der Waals surface area (Å²) < 4.78 is 1.09. The molecule has 0 aliphatic carbocycles. The molecule has 28 heavy (non-hydrogen) atoms. The highest BCUT2D eigenvalue weighted by atomic mass is 32.1. The molecule has 0 saturated carbocycles. The van der Waals surface area contributed by atoms with Crippen molar-refractivity contribution in [2.75, 3.05) is 19.6 Å². The lowest BCUT2D eigenvalue weighted by molar-refractivity contribution is 0.0395. The van der Waals surface area contributed by atoms with Crippen molar-refractivity contribution in [2.45, 2.75) is 38.8 Å². The molecule has 4 heterocycles. The van der Waals surface area contributed by atoms with Gasteiger partial charge in [0.05, 0.1) is 15.9 Å². The predicted molar refractivity (Wildman–Crippen MR) is 113 cm³/mol. The van der Waals surface area contributed by atoms with E-state index in [0.717, 1.165) is 46.0 Å². The number of thiophene rings is 1. The molecule has 144 valence electrons. The van der Waals surface area contributed by atoms with Gasteiger partial charge >= 0.3 is 0 Å². The van der Waals surface area contributed by atoms with Gasteiger partial charge in [0.25, 0.3) is 5.91 Å². The highest BCUT2D eigenvalue weighted by molar-refractivity contribution is 7.17. The predicted octanol–water partition coefficient (Wildman–Crippen LogP) is 3.98. The van der Waals surface area contributed by atoms with Crippen LogP contribution < -0.4 is 0 Å². The number of hydrogen-bond acceptors (Lipinski definition) is 5. The van der Waals surface area contributed by atoms with E-state index >= 15 is 0 Å². The summed E-state index contributed by atoms with van der Waals surface area (Å²) in [5.74, 6) is 0.912. The van der Waals surface area contributed by atoms with Crippen LogP contribution >= 0.6 is 11.3 Å². The Hall–Kier alpha value is -2.31. The number of fused-ring (bicyclic) bond motifs is 2. The summed E-state index contributed by atoms with van der Waals surface area (Å²) in [5.41, 5.74) is 3.72. The quantitative estimate of drug-likeness (QED) is 0.662. The number of hydrogen-bond donors (Lipinski definition) is 0. The monoisotopic (exact) mass is 392 g/mol. The van der Waals surface area contributed by atoms with Crippen LogP contribution in [0.15, 0.2) is 35.7 Å². The number of amides is 1. The molecule has 0 bridgehead atoms. The van der Waals surface area contributed by atoms with E-state index in [-0.39, 0.29) is 11.9 Å². The number of benzene rings is 1. The molecule has 5 nitrogen and oxygen atoms in total. The summed E-state index contributed by atoms with van der Waals surface area (Å²) in [4.78, 5) is 26.9. The molecule has 1 amide bonds. The minimum atomic E-state index is 0.144. The lowest BCUT2D eigenvalue weighted by Crippen LogP contribution is -2.56. The molecule has 0 unspecified atom stereocenters. The minimum absolute atomic E-state index is 0.144. The van der Waals surface area contributed by atoms with Gasteiger partial charge in [0.15, 0.2) is 0 Å². The topological polar surface area (TPSA) is 49.3 Å². The number of carbonyl (C=O) groups excluding carboxylic acids is 1. The van der Waals surface area contributed by atoms with Gasteiger partial charge in [-0.2, -0.15) is 0 Å². The molecule has 2 aliphatic rings. The molecule has 2 fully saturated rings. The van der Waals surface area contributed by atoms with E-state index in [1.165, 1.54) is 19.4 Å². The van der Waals surface area contributed by atoms with Crippen LogP contribution in [-0.4, -0.2) is 57.4 Å². The zero-order chi connectivity index (χ0) is 19.3. The minimum Gasteiger partial charge on any atom is -0.333 e. The van der Waals surface area contributed by atoms with E-state index in [9.17, 15) is 4.79 Å². The molecule has 6 heteroatoms. The fourth-order valence-corrected chi connectivity index (χ4v) is 5.42. The molecule has 0 N–H and O–H groups in total. The van der Waals surface area contributed by atoms with Crippen LogP contribution in [0.4, 0.5) is 0 Å². The first kappa shape index (κ1) is 17.8. The van der Waals surface area contributed by atoms with Gasteiger partial charge < -0.3 is 4.90 Å². The molecule has 1 aromatic carbocycles. The van der Waals surface area contributed by atoms with Crippen molar-refractivity contribution in [1.82, 2.24) is 19.8 Å². The lowest BCUT2D eigenvalue weighted by atomic mass is 10.0. The Labute approximate surface area is 169 Å². The Bertz CT molecular complexity index is 1030. The van der Waals surface area contributed by atoms with E-state index < -0.39 is 0 Å². The van der Waals surface area contributed by atoms with Crippen molar-refractivity contribution < 1.29 is 4.79 Å². The van der Waals surface area contributed by atoms with Gasteiger partial charge in [-0.25, -0.2) is 9.97 Å². The van der Waals surface area contributed by atoms with Crippen LogP contribution in [0.5, 0.6) is 0 Å². The van der Waals surface area contributed by atoms with Crippen LogP contribution in [0.2, 0.25) is 0 Å². The zero-order valence-electron chi connectivity index (χ0n) is 16.3. The molecule has 2 aromatic heterocycles. The smallest absolute Gasteiger partial charge is 0.254 e. The van der Waals surface area contributed by atoms with E-state index in [1.54, 1.807) is 11.3 Å². The van der Waals surface area contributed by atoms with E-state index in [4.69, 9.17) is 0 Å². The summed E-state index contributed by atoms with van der Waals surface area (Å²) in [7, 11) is 0. The Kier molecular flexibility index (Phi) is 4.40. The highest BCUT2D eigenvalue weighted by Gasteiger charge is 2.36. The summed E-state index contributed by atoms with van der Waals surface area (Å²) in [6.45, 7) is 7.11. The van der Waals surface area contributed by atoms with Gasteiger partial charge in [-0.3, -0.25) is 9.69 Å². The van der Waals surface area contributed by atoms with Crippen molar-refractivity contribution in [1.29, 1.82) is 0 Å². The second-order valence-electron chi connectivity index (χ2n) is 7.93. The standard InChI is InChI=1S/C22H24N4OS/c1-14-12-25-10-3-4-18(25)13-26(14)22(27)17-7-5-16(6-8-17)20-21-19(9-11-28-21)23-15(2)24-20/h5-9,11,14,18H,3-4,10,12-13H2,1-2H3/t14-,18+/m1/s1. The number of aromatic nitrogens is 2. The highest BCUT2D eigenvalue weighted by Crippen LogP contribution is 2.31. The third kappa shape index (κ3) is 3.01. The summed E-state index contributed by atoms with van der Waals surface area (Å²) >= 11 is 1.65. The first-order chi connectivity index (χ1) is 13.6. The fraction of sp³-hybridized carbons (Fsp3) is 0.409. The van der Waals surface area contributed by atoms with Crippen molar-refractivity contribution in [3.8, 4) is 11.3 Å². The van der Waals surface area contributed by atoms with Crippen molar-refractivity contribution in [3.63, 3.8) is 0 Å². The molecule has 0 radical (unpaired) electrons. The zero-order valence-corrected chi connectivity index (χ0v) is 17.1. The average molecular weight is 393 g/mol. The van der Waals surface area contributed by atoms with Crippen molar-refractivity contribution in [3.05, 3.63) is 47.1 Å². The van der Waals surface area contributed by atoms with Gasteiger partial charge in [0.2, 0.25) is 0 Å². The SMILES string of the molecule is Cc1nc(-c2ccc(C(=O)N3C[C@@H]4CCCN4C[C@H]3C)cc2)c2sccc2n1. The molecule has 0 spiro atoms. The lowest BCUT2D eigenvalue weighted by Gasteiger charge is -2.42. The maximum atomic E-state index is 13.2. The summed E-state index contributed by atoms with van der Waals surface area (Å²) in [6.07, 6.45) is 2.46. The number of nitrogens with zero attached hydrogens (tertiary/aromatic N) is 4. The van der Waals surface area contributed by atoms with Crippen LogP contribution in [-0.2, 0) is 0 Å². The van der Waals surface area contributed by atoms with Crippen molar-refractivity contribution in [2.24, 2.45) is 0 Å². The van der Waals surface area contributed by atoms with E-state index in [0.29, 0.717) is 6.04 Å². The third-order valence-corrected chi connectivity index (χ3v) is 6.93. The molecule has 2 atom stereocenters. The van der Waals surface area contributed by atoms with Gasteiger partial charge in [0, 0.05) is 36.3 Å². The van der Waals surface area contributed by atoms with Crippen LogP contribution in [0.25, 0.3) is 21.5 Å². The number of aryl methyl sites for hydroxylation is 1. The molecule has 5 rings (SSSR count). The first-order valence-electron chi connectivity index (χ1n) is 9.97. The normalized spacial score (nSPS) is 22.6. The van der Waals surface area contributed by atoms with Gasteiger partial charge in [-0.15, -0.1) is 11.3 Å². The first-order valence-corrected chi connectivity index (χ1v) is 10.9. The fourth-order valence-electron chi connectivity index (χ4n) is 4.58. The molecule has 2 aliphatic heterocycles. The summed E-state index contributed by atoms with van der Waals surface area (Å²) in [5, 5.41) is 2.05. The largest absolute Gasteiger partial charge is 0.333 e. The Balaban J connectivity index is 1.41. The summed E-state index contributed by atoms with van der Waals surface area (Å²) in [6, 6.07) is 10.8. The van der Waals surface area contributed by atoms with E-state index in [2.05, 4.69) is 26.7 Å². The van der Waals surface area contributed by atoms with Crippen LogP contribution in [0.3, 0.4) is 0 Å². The van der Waals surface area contributed by atoms with E-state index in [1.807, 2.05) is 42.6 Å². The van der Waals surface area contributed by atoms with Crippen LogP contribution in [0, 0.1) is 6.92 Å². The third-order valence-electron chi connectivity index (χ3n) is 6.02. The molecular weight excluding hydrogens is 368 g/mol. The van der Waals surface area contributed by atoms with Crippen molar-refractivity contribution >= 4 is 27.5 Å². The maximum Gasteiger partial charge on any atom is 0.254 e. The Morgan fingerprint density at radius 3 is 2.79 bits per heavy atom. The van der Waals surface area contributed by atoms with Crippen LogP contribution in [0.1, 0.15) is 35.9 Å². The van der Waals surface area contributed by atoms with Gasteiger partial charge in [0.1, 0.15) is 5.82 Å². The Morgan fingerprint density at radius 2 is 1.96 bits per heavy atom.